The minimum atomic E-state index is -1.07. The first-order valence-corrected chi connectivity index (χ1v) is 19.1. The number of rotatable bonds is 19. The van der Waals surface area contributed by atoms with Crippen molar-refractivity contribution in [2.75, 3.05) is 19.9 Å². The maximum Gasteiger partial charge on any atom is 0.407 e. The quantitative estimate of drug-likeness (QED) is 0.108. The highest BCUT2D eigenvalue weighted by atomic mass is 32.2. The van der Waals surface area contributed by atoms with Crippen molar-refractivity contribution in [3.8, 4) is 0 Å². The van der Waals surface area contributed by atoms with Gasteiger partial charge in [-0.2, -0.15) is 0 Å². The number of benzene rings is 2. The van der Waals surface area contributed by atoms with Gasteiger partial charge in [0.1, 0.15) is 12.6 Å². The molecule has 4 amide bonds. The van der Waals surface area contributed by atoms with E-state index >= 15 is 0 Å². The topological polar surface area (TPSA) is 145 Å². The molecule has 0 saturated carbocycles. The highest BCUT2D eigenvalue weighted by Crippen LogP contribution is 2.20. The van der Waals surface area contributed by atoms with Gasteiger partial charge >= 0.3 is 12.1 Å². The van der Waals surface area contributed by atoms with Gasteiger partial charge in [-0.1, -0.05) is 88.4 Å². The summed E-state index contributed by atoms with van der Waals surface area (Å²) in [7, 11) is 1.67. The van der Waals surface area contributed by atoms with E-state index in [4.69, 9.17) is 4.74 Å². The molecule has 0 aliphatic heterocycles. The largest absolute Gasteiger partial charge is 0.444 e. The van der Waals surface area contributed by atoms with Crippen LogP contribution in [0.1, 0.15) is 61.9 Å². The molecular weight excluding hydrogens is 685 g/mol. The number of thiazole rings is 1. The minimum absolute atomic E-state index is 0.00706. The fourth-order valence-electron chi connectivity index (χ4n) is 5.32. The molecule has 4 atom stereocenters. The normalized spacial score (nSPS) is 13.9. The SMILES string of the molecule is C=N/C=C(/COC(=O)N[C@@H](Cc1ccccc1)[C@@H](O)C[C@H](Cc1ccccc1)NC(=O)[C@@H](NC(=O)N(C)Cc1csc(C(C)C)n1)C(C)C)SC. The zero-order valence-electron chi connectivity index (χ0n) is 30.4. The second kappa shape index (κ2) is 21.2. The first-order chi connectivity index (χ1) is 24.4. The molecule has 0 unspecified atom stereocenters. The smallest absolute Gasteiger partial charge is 0.407 e. The number of amides is 4. The molecule has 51 heavy (non-hydrogen) atoms. The van der Waals surface area contributed by atoms with Crippen molar-refractivity contribution in [3.63, 3.8) is 0 Å². The highest BCUT2D eigenvalue weighted by molar-refractivity contribution is 8.02. The van der Waals surface area contributed by atoms with Gasteiger partial charge in [0.15, 0.2) is 0 Å². The molecule has 3 aromatic rings. The summed E-state index contributed by atoms with van der Waals surface area (Å²) in [5.41, 5.74) is 2.67. The average Bonchev–Trinajstić information content (AvgIpc) is 3.58. The van der Waals surface area contributed by atoms with Gasteiger partial charge in [0.25, 0.3) is 0 Å². The third kappa shape index (κ3) is 14.2. The summed E-state index contributed by atoms with van der Waals surface area (Å²) in [5, 5.41) is 23.5. The van der Waals surface area contributed by atoms with E-state index in [0.717, 1.165) is 21.8 Å². The van der Waals surface area contributed by atoms with E-state index in [-0.39, 0.29) is 24.9 Å². The Morgan fingerprint density at radius 1 is 1.00 bits per heavy atom. The number of aliphatic hydroxyl groups is 1. The maximum atomic E-state index is 13.9. The van der Waals surface area contributed by atoms with Gasteiger partial charge in [-0.25, -0.2) is 14.6 Å². The summed E-state index contributed by atoms with van der Waals surface area (Å²) in [4.78, 5) is 50.7. The van der Waals surface area contributed by atoms with Crippen LogP contribution in [0.4, 0.5) is 9.59 Å². The molecule has 4 N–H and O–H groups in total. The van der Waals surface area contributed by atoms with Crippen LogP contribution in [0.15, 0.2) is 82.1 Å². The lowest BCUT2D eigenvalue weighted by atomic mass is 9.93. The van der Waals surface area contributed by atoms with E-state index in [1.54, 1.807) is 18.4 Å². The second-order valence-electron chi connectivity index (χ2n) is 13.1. The van der Waals surface area contributed by atoms with Gasteiger partial charge in [-0.05, 0) is 49.3 Å². The highest BCUT2D eigenvalue weighted by Gasteiger charge is 2.31. The summed E-state index contributed by atoms with van der Waals surface area (Å²) in [5.74, 6) is -0.293. The van der Waals surface area contributed by atoms with Crippen LogP contribution in [0.25, 0.3) is 0 Å². The zero-order chi connectivity index (χ0) is 37.3. The molecular formula is C38H52N6O5S2. The Morgan fingerprint density at radius 3 is 2.18 bits per heavy atom. The van der Waals surface area contributed by atoms with Gasteiger partial charge in [-0.3, -0.25) is 9.79 Å². The molecule has 0 bridgehead atoms. The van der Waals surface area contributed by atoms with Crippen LogP contribution < -0.4 is 16.0 Å². The number of thioether (sulfide) groups is 1. The van der Waals surface area contributed by atoms with Gasteiger partial charge in [0.2, 0.25) is 5.91 Å². The molecule has 1 aromatic heterocycles. The van der Waals surface area contributed by atoms with Crippen LogP contribution >= 0.6 is 23.1 Å². The number of nitrogens with zero attached hydrogens (tertiary/aromatic N) is 3. The summed E-state index contributed by atoms with van der Waals surface area (Å²) in [6.45, 7) is 11.7. The molecule has 0 fully saturated rings. The maximum absolute atomic E-state index is 13.9. The number of aliphatic hydroxyl groups excluding tert-OH is 1. The summed E-state index contributed by atoms with van der Waals surface area (Å²) >= 11 is 2.96. The summed E-state index contributed by atoms with van der Waals surface area (Å²) < 4.78 is 5.44. The lowest BCUT2D eigenvalue weighted by Crippen LogP contribution is -2.55. The summed E-state index contributed by atoms with van der Waals surface area (Å²) in [6.07, 6.45) is 2.49. The summed E-state index contributed by atoms with van der Waals surface area (Å²) in [6, 6.07) is 16.7. The van der Waals surface area contributed by atoms with Crippen molar-refractivity contribution in [1.29, 1.82) is 0 Å². The predicted molar refractivity (Wildman–Crippen MR) is 207 cm³/mol. The number of alkyl carbamates (subject to hydrolysis) is 1. The number of hydrogen-bond donors (Lipinski definition) is 4. The van der Waals surface area contributed by atoms with Gasteiger partial charge in [-0.15, -0.1) is 23.1 Å². The number of aromatic nitrogens is 1. The molecule has 13 heteroatoms. The predicted octanol–water partition coefficient (Wildman–Crippen LogP) is 6.15. The Hall–Kier alpha value is -4.20. The van der Waals surface area contributed by atoms with Crippen LogP contribution in [0.2, 0.25) is 0 Å². The van der Waals surface area contributed by atoms with E-state index in [1.165, 1.54) is 22.9 Å². The van der Waals surface area contributed by atoms with E-state index in [2.05, 4.69) is 46.5 Å². The van der Waals surface area contributed by atoms with Crippen molar-refractivity contribution in [3.05, 3.63) is 99.0 Å². The molecule has 0 spiro atoms. The number of ether oxygens (including phenoxy) is 1. The van der Waals surface area contributed by atoms with Crippen molar-refractivity contribution in [2.24, 2.45) is 10.9 Å². The number of nitrogens with one attached hydrogen (secondary N) is 3. The Bertz CT molecular complexity index is 1570. The molecule has 0 saturated heterocycles. The van der Waals surface area contributed by atoms with Crippen LogP contribution in [-0.4, -0.2) is 83.9 Å². The molecule has 0 aliphatic carbocycles. The number of carbonyl (C=O) groups excluding carboxylic acids is 3. The lowest BCUT2D eigenvalue weighted by Gasteiger charge is -2.30. The molecule has 2 aromatic carbocycles. The second-order valence-corrected chi connectivity index (χ2v) is 14.9. The van der Waals surface area contributed by atoms with E-state index in [9.17, 15) is 19.5 Å². The van der Waals surface area contributed by atoms with Crippen molar-refractivity contribution in [1.82, 2.24) is 25.8 Å². The molecule has 0 aliphatic rings. The minimum Gasteiger partial charge on any atom is -0.444 e. The first-order valence-electron chi connectivity index (χ1n) is 17.0. The van der Waals surface area contributed by atoms with Crippen LogP contribution in [0.5, 0.6) is 0 Å². The Morgan fingerprint density at radius 2 is 1.63 bits per heavy atom. The number of aliphatic imine (C=N–C) groups is 1. The van der Waals surface area contributed by atoms with E-state index in [0.29, 0.717) is 30.2 Å². The lowest BCUT2D eigenvalue weighted by molar-refractivity contribution is -0.124. The fraction of sp³-hybridized carbons (Fsp3) is 0.447. The number of carbonyl (C=O) groups is 3. The average molecular weight is 737 g/mol. The van der Waals surface area contributed by atoms with E-state index < -0.39 is 36.4 Å². The molecule has 0 radical (unpaired) electrons. The number of hydrogen-bond acceptors (Lipinski definition) is 9. The van der Waals surface area contributed by atoms with Crippen molar-refractivity contribution >= 4 is 47.8 Å². The monoisotopic (exact) mass is 736 g/mol. The van der Waals surface area contributed by atoms with Crippen LogP contribution in [0, 0.1) is 5.92 Å². The van der Waals surface area contributed by atoms with Crippen LogP contribution in [0.3, 0.4) is 0 Å². The zero-order valence-corrected chi connectivity index (χ0v) is 32.0. The van der Waals surface area contributed by atoms with Crippen LogP contribution in [-0.2, 0) is 28.9 Å². The van der Waals surface area contributed by atoms with Gasteiger partial charge < -0.3 is 30.7 Å². The van der Waals surface area contributed by atoms with Gasteiger partial charge in [0.05, 0.1) is 29.4 Å². The van der Waals surface area contributed by atoms with Crippen molar-refractivity contribution in [2.45, 2.75) is 83.6 Å². The molecule has 276 valence electrons. The first kappa shape index (κ1) is 41.2. The Kier molecular flexibility index (Phi) is 17.2. The molecule has 1 heterocycles. The van der Waals surface area contributed by atoms with Gasteiger partial charge in [0, 0.05) is 35.5 Å². The number of urea groups is 1. The third-order valence-corrected chi connectivity index (χ3v) is 10.1. The van der Waals surface area contributed by atoms with Crippen molar-refractivity contribution < 1.29 is 24.2 Å². The molecule has 11 nitrogen and oxygen atoms in total. The fourth-order valence-corrected chi connectivity index (χ4v) is 6.51. The Labute approximate surface area is 310 Å². The van der Waals surface area contributed by atoms with E-state index in [1.807, 2.05) is 86.1 Å². The Balaban J connectivity index is 1.77. The molecule has 3 rings (SSSR count). The third-order valence-electron chi connectivity index (χ3n) is 8.14. The standard InChI is InChI=1S/C38H52N6O5S2/c1-25(2)34(43-37(47)44(6)22-30-24-51-36(41-30)26(3)4)35(46)40-29(18-27-14-10-8-11-15-27)20-33(45)32(19-28-16-12-9-13-17-28)42-38(48)49-23-31(50-7)21-39-5/h8-17,21,24-26,29,32-34,45H,5,18-20,22-23H2,1-4,6-7H3,(H,40,46)(H,42,48)(H,43,47)/b31-21-/t29-,32-,33-,34-/m0/s1.